The molecule has 0 aliphatic carbocycles. The average Bonchev–Trinajstić information content (AvgIpc) is 3.63. The van der Waals surface area contributed by atoms with Crippen LogP contribution in [0.15, 0.2) is 77.8 Å². The molecule has 5 rings (SSSR count). The molecule has 0 saturated carbocycles. The second-order valence-corrected chi connectivity index (χ2v) is 14.0. The minimum absolute atomic E-state index is 0.0577. The molecule has 0 bridgehead atoms. The molecule has 2 N–H and O–H groups in total. The number of rotatable bonds is 12. The van der Waals surface area contributed by atoms with Crippen LogP contribution in [0, 0.1) is 30.3 Å². The number of nitrogens with one attached hydrogen (secondary N) is 1. The van der Waals surface area contributed by atoms with Crippen molar-refractivity contribution in [2.45, 2.75) is 50.1 Å². The SMILES string of the molecule is O=C(N=C(NC(=O)OCc1ccc([N+](=O)[O-])cc1)N1CCN(C(=O)C[C@@H](O)[C@@H]2C[C@H](S)CN2C(=O)OCc2ccc([N+](=O)[O-])cc2)CC1)OCc1ccc([N+](=O)[O-])cc1. The van der Waals surface area contributed by atoms with Crippen LogP contribution in [0.25, 0.3) is 0 Å². The van der Waals surface area contributed by atoms with Crippen LogP contribution in [-0.2, 0) is 38.8 Å². The lowest BCUT2D eigenvalue weighted by atomic mass is 10.0. The summed E-state index contributed by atoms with van der Waals surface area (Å²) < 4.78 is 15.8. The molecule has 2 aliphatic heterocycles. The molecule has 0 unspecified atom stereocenters. The third kappa shape index (κ3) is 12.3. The number of hydrogen-bond donors (Lipinski definition) is 3. The maximum Gasteiger partial charge on any atom is 0.437 e. The Hall–Kier alpha value is -6.88. The predicted molar refractivity (Wildman–Crippen MR) is 207 cm³/mol. The van der Waals surface area contributed by atoms with Gasteiger partial charge >= 0.3 is 18.3 Å². The number of guanidine groups is 1. The smallest absolute Gasteiger partial charge is 0.437 e. The Balaban J connectivity index is 1.17. The van der Waals surface area contributed by atoms with Crippen molar-refractivity contribution in [3.63, 3.8) is 0 Å². The molecule has 2 saturated heterocycles. The first-order valence-electron chi connectivity index (χ1n) is 17.9. The van der Waals surface area contributed by atoms with Gasteiger partial charge in [0.05, 0.1) is 33.3 Å². The third-order valence-corrected chi connectivity index (χ3v) is 9.64. The first kappa shape index (κ1) is 43.2. The van der Waals surface area contributed by atoms with Crippen molar-refractivity contribution >= 4 is 59.8 Å². The van der Waals surface area contributed by atoms with Crippen molar-refractivity contribution in [1.29, 1.82) is 0 Å². The van der Waals surface area contributed by atoms with Gasteiger partial charge in [-0.2, -0.15) is 12.6 Å². The zero-order valence-corrected chi connectivity index (χ0v) is 32.0. The Morgan fingerprint density at radius 3 is 1.64 bits per heavy atom. The molecule has 3 atom stereocenters. The highest BCUT2D eigenvalue weighted by atomic mass is 32.1. The lowest BCUT2D eigenvalue weighted by Crippen LogP contribution is -2.55. The highest BCUT2D eigenvalue weighted by Gasteiger charge is 2.40. The number of nitrogens with zero attached hydrogens (tertiary/aromatic N) is 7. The Morgan fingerprint density at radius 2 is 1.17 bits per heavy atom. The molecule has 2 aliphatic rings. The van der Waals surface area contributed by atoms with Gasteiger partial charge in [0.15, 0.2) is 0 Å². The standard InChI is InChI=1S/C36H38N8O14S/c45-31(30-17-29(59)19-41(30)36(49)58-22-25-5-11-28(12-6-25)44(54)55)18-32(46)39-13-15-40(16-14-39)33(37-34(47)56-20-23-1-7-26(8-2-23)42(50)51)38-35(48)57-21-24-3-9-27(10-4-24)43(52)53/h1-12,29-31,45,59H,13-22H2,(H,37,38,47,48)/t29-,30-,31+/m0/s1. The zero-order chi connectivity index (χ0) is 42.6. The van der Waals surface area contributed by atoms with Crippen LogP contribution in [0.2, 0.25) is 0 Å². The predicted octanol–water partition coefficient (Wildman–Crippen LogP) is 3.93. The van der Waals surface area contributed by atoms with Crippen LogP contribution >= 0.6 is 12.6 Å². The number of nitro benzene ring substituents is 3. The van der Waals surface area contributed by atoms with Gasteiger partial charge in [0.1, 0.15) is 19.8 Å². The van der Waals surface area contributed by atoms with Gasteiger partial charge in [0, 0.05) is 74.4 Å². The molecule has 0 spiro atoms. The number of aliphatic hydroxyl groups is 1. The van der Waals surface area contributed by atoms with Crippen LogP contribution in [-0.4, -0.2) is 115 Å². The summed E-state index contributed by atoms with van der Waals surface area (Å²) in [4.78, 5) is 91.3. The topological polar surface area (TPSA) is 280 Å². The molecule has 4 amide bonds. The van der Waals surface area contributed by atoms with Crippen molar-refractivity contribution in [3.05, 3.63) is 120 Å². The number of nitro groups is 3. The molecule has 0 radical (unpaired) electrons. The van der Waals surface area contributed by atoms with Gasteiger partial charge in [0.2, 0.25) is 11.9 Å². The first-order chi connectivity index (χ1) is 28.2. The lowest BCUT2D eigenvalue weighted by molar-refractivity contribution is -0.385. The van der Waals surface area contributed by atoms with Gasteiger partial charge in [-0.15, -0.1) is 4.99 Å². The summed E-state index contributed by atoms with van der Waals surface area (Å²) >= 11 is 4.47. The van der Waals surface area contributed by atoms with E-state index in [0.717, 1.165) is 0 Å². The molecule has 312 valence electrons. The van der Waals surface area contributed by atoms with E-state index in [4.69, 9.17) is 14.2 Å². The molecule has 3 aromatic carbocycles. The number of ether oxygens (including phenoxy) is 3. The summed E-state index contributed by atoms with van der Waals surface area (Å²) in [7, 11) is 0. The van der Waals surface area contributed by atoms with Gasteiger partial charge < -0.3 is 34.0 Å². The van der Waals surface area contributed by atoms with Crippen LogP contribution in [0.3, 0.4) is 0 Å². The summed E-state index contributed by atoms with van der Waals surface area (Å²) in [6.07, 6.45) is -4.24. The third-order valence-electron chi connectivity index (χ3n) is 9.26. The van der Waals surface area contributed by atoms with E-state index in [1.807, 2.05) is 0 Å². The van der Waals surface area contributed by atoms with E-state index in [0.29, 0.717) is 16.7 Å². The molecule has 3 aromatic rings. The summed E-state index contributed by atoms with van der Waals surface area (Å²) in [6.45, 7) is -0.344. The molecule has 22 nitrogen and oxygen atoms in total. The van der Waals surface area contributed by atoms with Gasteiger partial charge in [-0.05, 0) is 59.5 Å². The molecule has 2 heterocycles. The Morgan fingerprint density at radius 1 is 0.729 bits per heavy atom. The lowest BCUT2D eigenvalue weighted by Gasteiger charge is -2.37. The summed E-state index contributed by atoms with van der Waals surface area (Å²) in [5, 5.41) is 46.1. The Labute approximate surface area is 340 Å². The number of carbonyl (C=O) groups is 4. The van der Waals surface area contributed by atoms with Crippen LogP contribution < -0.4 is 5.32 Å². The summed E-state index contributed by atoms with van der Waals surface area (Å²) in [5.74, 6) is -0.705. The number of aliphatic imine (C=N–C) groups is 1. The number of thiol groups is 1. The minimum atomic E-state index is -1.28. The van der Waals surface area contributed by atoms with Crippen molar-refractivity contribution in [1.82, 2.24) is 20.0 Å². The monoisotopic (exact) mass is 838 g/mol. The van der Waals surface area contributed by atoms with E-state index in [1.165, 1.54) is 87.5 Å². The molecular formula is C36H38N8O14S. The highest BCUT2D eigenvalue weighted by Crippen LogP contribution is 2.27. The number of benzene rings is 3. The Kier molecular flexibility index (Phi) is 14.7. The second-order valence-electron chi connectivity index (χ2n) is 13.3. The highest BCUT2D eigenvalue weighted by molar-refractivity contribution is 7.81. The van der Waals surface area contributed by atoms with Gasteiger partial charge in [0.25, 0.3) is 17.1 Å². The van der Waals surface area contributed by atoms with Crippen LogP contribution in [0.1, 0.15) is 29.5 Å². The molecule has 2 fully saturated rings. The Bertz CT molecular complexity index is 2060. The van der Waals surface area contributed by atoms with Crippen molar-refractivity contribution < 1.29 is 53.3 Å². The van der Waals surface area contributed by atoms with E-state index in [9.17, 15) is 54.6 Å². The van der Waals surface area contributed by atoms with Crippen molar-refractivity contribution in [3.8, 4) is 0 Å². The molecule has 59 heavy (non-hydrogen) atoms. The quantitative estimate of drug-likeness (QED) is 0.0582. The zero-order valence-electron chi connectivity index (χ0n) is 31.1. The van der Waals surface area contributed by atoms with Crippen molar-refractivity contribution in [2.75, 3.05) is 32.7 Å². The fraction of sp³-hybridized carbons (Fsp3) is 0.361. The fourth-order valence-electron chi connectivity index (χ4n) is 6.12. The summed E-state index contributed by atoms with van der Waals surface area (Å²) in [5.41, 5.74) is 0.945. The van der Waals surface area contributed by atoms with E-state index in [-0.39, 0.29) is 93.7 Å². The van der Waals surface area contributed by atoms with Gasteiger partial charge in [-0.1, -0.05) is 0 Å². The second kappa shape index (κ2) is 20.0. The minimum Gasteiger partial charge on any atom is -0.445 e. The normalized spacial score (nSPS) is 17.1. The maximum atomic E-state index is 13.4. The van der Waals surface area contributed by atoms with Crippen LogP contribution in [0.5, 0.6) is 0 Å². The number of piperazine rings is 1. The maximum absolute atomic E-state index is 13.4. The van der Waals surface area contributed by atoms with E-state index in [1.54, 1.807) is 0 Å². The summed E-state index contributed by atoms with van der Waals surface area (Å²) in [6, 6.07) is 15.3. The molecular weight excluding hydrogens is 801 g/mol. The molecule has 23 heteroatoms. The average molecular weight is 839 g/mol. The van der Waals surface area contributed by atoms with E-state index >= 15 is 0 Å². The van der Waals surface area contributed by atoms with Gasteiger partial charge in [-0.25, -0.2) is 14.4 Å². The largest absolute Gasteiger partial charge is 0.445 e. The van der Waals surface area contributed by atoms with E-state index in [2.05, 4.69) is 22.9 Å². The van der Waals surface area contributed by atoms with E-state index < -0.39 is 51.1 Å². The molecule has 0 aromatic heterocycles. The van der Waals surface area contributed by atoms with Crippen molar-refractivity contribution in [2.24, 2.45) is 4.99 Å². The number of hydrogen-bond acceptors (Lipinski definition) is 15. The number of likely N-dealkylation sites (tertiary alicyclic amines) is 1. The number of aliphatic hydroxyl groups excluding tert-OH is 1. The fourth-order valence-corrected chi connectivity index (χ4v) is 6.51. The number of non-ortho nitro benzene ring substituents is 3. The van der Waals surface area contributed by atoms with Crippen LogP contribution in [0.4, 0.5) is 31.4 Å². The first-order valence-corrected chi connectivity index (χ1v) is 18.4. The number of alkyl carbamates (subject to hydrolysis) is 1. The number of amides is 4. The number of carbonyl (C=O) groups excluding carboxylic acids is 4. The van der Waals surface area contributed by atoms with Gasteiger partial charge in [-0.3, -0.25) is 40.5 Å².